The van der Waals surface area contributed by atoms with Crippen molar-refractivity contribution < 1.29 is 19.0 Å². The van der Waals surface area contributed by atoms with Gasteiger partial charge in [-0.25, -0.2) is 4.39 Å². The van der Waals surface area contributed by atoms with Crippen molar-refractivity contribution in [3.05, 3.63) is 65.2 Å². The average Bonchev–Trinajstić information content (AvgIpc) is 2.74. The van der Waals surface area contributed by atoms with Gasteiger partial charge in [-0.2, -0.15) is 0 Å². The molecule has 4 heteroatoms. The normalized spacial score (nSPS) is 20.6. The Morgan fingerprint density at radius 1 is 1.00 bits per heavy atom. The Kier molecular flexibility index (Phi) is 5.31. The number of benzene rings is 2. The minimum Gasteiger partial charge on any atom is -0.508 e. The summed E-state index contributed by atoms with van der Waals surface area (Å²) in [5.74, 6) is -0.356. The summed E-state index contributed by atoms with van der Waals surface area (Å²) in [5.41, 5.74) is 2.27. The minimum atomic E-state index is -0.987. The van der Waals surface area contributed by atoms with Gasteiger partial charge in [0.1, 0.15) is 22.8 Å². The first-order chi connectivity index (χ1) is 14.3. The zero-order valence-corrected chi connectivity index (χ0v) is 17.9. The highest BCUT2D eigenvalue weighted by Gasteiger charge is 2.52. The Hall–Kier alpha value is -2.46. The second-order valence-corrected chi connectivity index (χ2v) is 8.95. The lowest BCUT2D eigenvalue weighted by atomic mass is 9.74. The van der Waals surface area contributed by atoms with Crippen LogP contribution in [0.25, 0.3) is 16.7 Å². The van der Waals surface area contributed by atoms with Crippen molar-refractivity contribution in [1.82, 2.24) is 0 Å². The molecule has 0 aromatic heterocycles. The van der Waals surface area contributed by atoms with Crippen LogP contribution in [0.3, 0.4) is 0 Å². The molecule has 1 aliphatic heterocycles. The van der Waals surface area contributed by atoms with Crippen molar-refractivity contribution in [3.8, 4) is 11.1 Å². The van der Waals surface area contributed by atoms with Crippen molar-refractivity contribution in [3.63, 3.8) is 0 Å². The van der Waals surface area contributed by atoms with E-state index in [2.05, 4.69) is 0 Å². The van der Waals surface area contributed by atoms with Gasteiger partial charge in [0.2, 0.25) is 0 Å². The Morgan fingerprint density at radius 3 is 2.27 bits per heavy atom. The van der Waals surface area contributed by atoms with Gasteiger partial charge in [-0.3, -0.25) is 4.79 Å². The first-order valence-electron chi connectivity index (χ1n) is 10.9. The Bertz CT molecular complexity index is 995. The van der Waals surface area contributed by atoms with Crippen LogP contribution in [0.2, 0.25) is 0 Å². The van der Waals surface area contributed by atoms with E-state index in [9.17, 15) is 14.3 Å². The van der Waals surface area contributed by atoms with Gasteiger partial charge in [-0.1, -0.05) is 56.5 Å². The summed E-state index contributed by atoms with van der Waals surface area (Å²) >= 11 is 0. The van der Waals surface area contributed by atoms with Gasteiger partial charge in [0.05, 0.1) is 5.57 Å². The number of carbonyl (C=O) groups is 1. The Morgan fingerprint density at radius 2 is 1.63 bits per heavy atom. The van der Waals surface area contributed by atoms with Crippen molar-refractivity contribution >= 4 is 11.4 Å². The van der Waals surface area contributed by atoms with Gasteiger partial charge in [0.15, 0.2) is 5.78 Å². The monoisotopic (exact) mass is 408 g/mol. The van der Waals surface area contributed by atoms with Gasteiger partial charge in [0.25, 0.3) is 0 Å². The molecule has 4 rings (SSSR count). The van der Waals surface area contributed by atoms with Gasteiger partial charge in [-0.15, -0.1) is 0 Å². The zero-order chi connectivity index (χ0) is 21.5. The van der Waals surface area contributed by atoms with E-state index in [4.69, 9.17) is 4.74 Å². The molecule has 0 saturated heterocycles. The van der Waals surface area contributed by atoms with Crippen LogP contribution >= 0.6 is 0 Å². The van der Waals surface area contributed by atoms with Crippen molar-refractivity contribution in [2.45, 2.75) is 70.5 Å². The number of ketones is 1. The fraction of sp³-hybridized carbons (Fsp3) is 0.423. The molecule has 158 valence electrons. The molecule has 30 heavy (non-hydrogen) atoms. The zero-order valence-electron chi connectivity index (χ0n) is 17.9. The van der Waals surface area contributed by atoms with Crippen LogP contribution < -0.4 is 0 Å². The third-order valence-electron chi connectivity index (χ3n) is 6.49. The predicted octanol–water partition coefficient (Wildman–Crippen LogP) is 6.41. The largest absolute Gasteiger partial charge is 0.508 e. The highest BCUT2D eigenvalue weighted by atomic mass is 19.1. The molecule has 0 amide bonds. The van der Waals surface area contributed by atoms with Gasteiger partial charge in [0, 0.05) is 0 Å². The summed E-state index contributed by atoms with van der Waals surface area (Å²) in [7, 11) is 0. The van der Waals surface area contributed by atoms with Gasteiger partial charge >= 0.3 is 0 Å². The van der Waals surface area contributed by atoms with Crippen LogP contribution in [-0.2, 0) is 16.0 Å². The smallest absolute Gasteiger partial charge is 0.198 e. The first-order valence-corrected chi connectivity index (χ1v) is 10.9. The van der Waals surface area contributed by atoms with Crippen LogP contribution in [0.5, 0.6) is 0 Å². The topological polar surface area (TPSA) is 46.5 Å². The van der Waals surface area contributed by atoms with Crippen LogP contribution in [0.4, 0.5) is 4.39 Å². The molecule has 0 atom stereocenters. The van der Waals surface area contributed by atoms with E-state index < -0.39 is 11.2 Å². The highest BCUT2D eigenvalue weighted by Crippen LogP contribution is 2.48. The summed E-state index contributed by atoms with van der Waals surface area (Å²) in [5, 5.41) is 11.3. The van der Waals surface area contributed by atoms with E-state index in [1.54, 1.807) is 26.0 Å². The molecule has 0 bridgehead atoms. The molecule has 2 aromatic rings. The third kappa shape index (κ3) is 3.47. The number of hydrogen-bond donors (Lipinski definition) is 1. The maximum absolute atomic E-state index is 13.4. The van der Waals surface area contributed by atoms with Crippen molar-refractivity contribution in [2.75, 3.05) is 0 Å². The molecule has 2 aliphatic rings. The van der Waals surface area contributed by atoms with E-state index in [0.717, 1.165) is 54.4 Å². The molecule has 1 aliphatic carbocycles. The van der Waals surface area contributed by atoms with Crippen LogP contribution in [0.15, 0.2) is 48.2 Å². The summed E-state index contributed by atoms with van der Waals surface area (Å²) in [4.78, 5) is 13.4. The molecule has 1 heterocycles. The number of aryl methyl sites for hydroxylation is 1. The maximum Gasteiger partial charge on any atom is 0.198 e. The lowest BCUT2D eigenvalue weighted by Gasteiger charge is -2.46. The molecular formula is C26H29FO3. The molecular weight excluding hydrogens is 379 g/mol. The van der Waals surface area contributed by atoms with E-state index in [-0.39, 0.29) is 17.4 Å². The quantitative estimate of drug-likeness (QED) is 0.639. The summed E-state index contributed by atoms with van der Waals surface area (Å²) in [6.07, 6.45) is 5.25. The SMILES string of the molecule is CCc1cc(-c2ccc(F)cc2)ccc1C1=C(O)C2(CCCCC2)OC(C)(C)C1=O. The molecule has 3 nitrogen and oxygen atoms in total. The first kappa shape index (κ1) is 20.8. The number of Topliss-reactive ketones (excluding diaryl/α,β-unsaturated/α-hetero) is 1. The number of carbonyl (C=O) groups excluding carboxylic acids is 1. The maximum atomic E-state index is 13.4. The van der Waals surface area contributed by atoms with Crippen molar-refractivity contribution in [1.29, 1.82) is 0 Å². The third-order valence-corrected chi connectivity index (χ3v) is 6.49. The molecule has 0 unspecified atom stereocenters. The van der Waals surface area contributed by atoms with Crippen LogP contribution in [0, 0.1) is 5.82 Å². The fourth-order valence-electron chi connectivity index (χ4n) is 4.88. The minimum absolute atomic E-state index is 0.0933. The van der Waals surface area contributed by atoms with E-state index in [1.807, 2.05) is 25.1 Å². The number of aliphatic hydroxyl groups excluding tert-OH is 1. The number of aliphatic hydroxyl groups is 1. The van der Waals surface area contributed by atoms with E-state index >= 15 is 0 Å². The fourth-order valence-corrected chi connectivity index (χ4v) is 4.88. The second kappa shape index (κ2) is 7.66. The van der Waals surface area contributed by atoms with Gasteiger partial charge < -0.3 is 9.84 Å². The summed E-state index contributed by atoms with van der Waals surface area (Å²) in [6, 6.07) is 12.3. The molecule has 1 N–H and O–H groups in total. The Balaban J connectivity index is 1.85. The standard InChI is InChI=1S/C26H29FO3/c1-4-17-16-19(18-8-11-20(27)12-9-18)10-13-21(17)22-23(28)25(2,3)30-26(24(22)29)14-6-5-7-15-26/h8-13,16,29H,4-7,14-15H2,1-3H3. The van der Waals surface area contributed by atoms with Crippen LogP contribution in [0.1, 0.15) is 64.0 Å². The molecule has 0 radical (unpaired) electrons. The molecule has 1 spiro atoms. The summed E-state index contributed by atoms with van der Waals surface area (Å²) < 4.78 is 19.6. The lowest BCUT2D eigenvalue weighted by molar-refractivity contribution is -0.172. The molecule has 1 fully saturated rings. The van der Waals surface area contributed by atoms with Gasteiger partial charge in [-0.05, 0) is 67.5 Å². The highest BCUT2D eigenvalue weighted by molar-refractivity contribution is 6.26. The Labute approximate surface area is 177 Å². The van der Waals surface area contributed by atoms with E-state index in [1.165, 1.54) is 12.1 Å². The van der Waals surface area contributed by atoms with E-state index in [0.29, 0.717) is 12.0 Å². The molecule has 2 aromatic carbocycles. The number of rotatable bonds is 3. The average molecular weight is 409 g/mol. The predicted molar refractivity (Wildman–Crippen MR) is 117 cm³/mol. The molecule has 1 saturated carbocycles. The number of hydrogen-bond acceptors (Lipinski definition) is 3. The lowest BCUT2D eigenvalue weighted by Crippen LogP contribution is -2.53. The number of halogens is 1. The number of ether oxygens (including phenoxy) is 1. The van der Waals surface area contributed by atoms with Crippen molar-refractivity contribution in [2.24, 2.45) is 0 Å². The second-order valence-electron chi connectivity index (χ2n) is 8.95. The summed E-state index contributed by atoms with van der Waals surface area (Å²) in [6.45, 7) is 5.64. The van der Waals surface area contributed by atoms with Crippen LogP contribution in [-0.4, -0.2) is 22.1 Å².